The van der Waals surface area contributed by atoms with Crippen LogP contribution in [0.25, 0.3) is 27.0 Å². The second-order valence-corrected chi connectivity index (χ2v) is 11.6. The fraction of sp³-hybridized carbons (Fsp3) is 0.240. The molecule has 3 heterocycles. The number of hydrogen-bond donors (Lipinski definition) is 0. The molecule has 182 valence electrons. The Hall–Kier alpha value is -2.95. The summed E-state index contributed by atoms with van der Waals surface area (Å²) in [6.07, 6.45) is -0.518. The number of aromatic nitrogens is 2. The second-order valence-electron chi connectivity index (χ2n) is 8.57. The number of rotatable bonds is 4. The van der Waals surface area contributed by atoms with Gasteiger partial charge in [-0.15, -0.1) is 11.3 Å². The molecular formula is C25H22F3N3O2S2. The van der Waals surface area contributed by atoms with Gasteiger partial charge in [0.15, 0.2) is 4.21 Å². The monoisotopic (exact) mass is 517 g/mol. The standard InChI is InChI=1S/C25H22F3N3O2S2/c1-16-24(34-23(29-16)18-6-4-3-5-7-18)35(32,33)31-15-21(17-10-12-30(2)13-11-17)20-14-19(25(26,27)28)8-9-22(20)31/h3-10,14-15H,11-13H2,1-2H3. The van der Waals surface area contributed by atoms with Crippen molar-refractivity contribution in [1.29, 1.82) is 0 Å². The van der Waals surface area contributed by atoms with E-state index in [1.807, 2.05) is 43.5 Å². The van der Waals surface area contributed by atoms with Crippen LogP contribution in [-0.2, 0) is 16.2 Å². The molecule has 35 heavy (non-hydrogen) atoms. The molecular weight excluding hydrogens is 495 g/mol. The Morgan fingerprint density at radius 2 is 1.83 bits per heavy atom. The maximum Gasteiger partial charge on any atom is 0.416 e. The third-order valence-electron chi connectivity index (χ3n) is 6.12. The van der Waals surface area contributed by atoms with Crippen LogP contribution in [0.4, 0.5) is 13.2 Å². The molecule has 0 N–H and O–H groups in total. The van der Waals surface area contributed by atoms with E-state index < -0.39 is 21.8 Å². The highest BCUT2D eigenvalue weighted by Crippen LogP contribution is 2.39. The van der Waals surface area contributed by atoms with Crippen molar-refractivity contribution >= 4 is 37.8 Å². The highest BCUT2D eigenvalue weighted by molar-refractivity contribution is 7.92. The minimum atomic E-state index is -4.54. The number of hydrogen-bond acceptors (Lipinski definition) is 5. The molecule has 2 aromatic heterocycles. The average molecular weight is 518 g/mol. The van der Waals surface area contributed by atoms with Gasteiger partial charge in [-0.2, -0.15) is 21.6 Å². The molecule has 10 heteroatoms. The lowest BCUT2D eigenvalue weighted by atomic mass is 9.98. The first-order chi connectivity index (χ1) is 16.6. The summed E-state index contributed by atoms with van der Waals surface area (Å²) in [7, 11) is -2.15. The molecule has 0 amide bonds. The topological polar surface area (TPSA) is 55.2 Å². The zero-order valence-corrected chi connectivity index (χ0v) is 20.6. The summed E-state index contributed by atoms with van der Waals surface area (Å²) in [6.45, 7) is 3.00. The minimum Gasteiger partial charge on any atom is -0.302 e. The van der Waals surface area contributed by atoms with Crippen LogP contribution in [0.15, 0.2) is 65.0 Å². The van der Waals surface area contributed by atoms with Gasteiger partial charge in [0.25, 0.3) is 10.0 Å². The average Bonchev–Trinajstić information content (AvgIpc) is 3.41. The summed E-state index contributed by atoms with van der Waals surface area (Å²) < 4.78 is 69.4. The zero-order valence-electron chi connectivity index (χ0n) is 19.0. The van der Waals surface area contributed by atoms with Crippen LogP contribution in [-0.4, -0.2) is 42.4 Å². The number of alkyl halides is 3. The molecule has 0 bridgehead atoms. The first kappa shape index (κ1) is 23.8. The van der Waals surface area contributed by atoms with E-state index in [1.54, 1.807) is 6.92 Å². The SMILES string of the molecule is Cc1nc(-c2ccccc2)sc1S(=O)(=O)n1cc(C2=CCN(C)CC2)c2cc(C(F)(F)F)ccc21. The fourth-order valence-electron chi connectivity index (χ4n) is 4.26. The predicted octanol–water partition coefficient (Wildman–Crippen LogP) is 6.05. The molecule has 1 aliphatic rings. The second kappa shape index (κ2) is 8.61. The highest BCUT2D eigenvalue weighted by Gasteiger charge is 2.33. The van der Waals surface area contributed by atoms with E-state index in [2.05, 4.69) is 9.88 Å². The van der Waals surface area contributed by atoms with Crippen LogP contribution in [0.2, 0.25) is 0 Å². The molecule has 0 radical (unpaired) electrons. The molecule has 1 aliphatic heterocycles. The van der Waals surface area contributed by atoms with Gasteiger partial charge in [-0.05, 0) is 44.2 Å². The van der Waals surface area contributed by atoms with Gasteiger partial charge in [-0.1, -0.05) is 36.4 Å². The van der Waals surface area contributed by atoms with Gasteiger partial charge in [-0.3, -0.25) is 0 Å². The van der Waals surface area contributed by atoms with Crippen LogP contribution in [0.3, 0.4) is 0 Å². The highest BCUT2D eigenvalue weighted by atomic mass is 32.2. The Morgan fingerprint density at radius 1 is 1.09 bits per heavy atom. The van der Waals surface area contributed by atoms with Gasteiger partial charge >= 0.3 is 6.18 Å². The van der Waals surface area contributed by atoms with Crippen LogP contribution in [0.5, 0.6) is 0 Å². The number of halogens is 3. The number of fused-ring (bicyclic) bond motifs is 1. The van der Waals surface area contributed by atoms with Crippen LogP contribution < -0.4 is 0 Å². The summed E-state index contributed by atoms with van der Waals surface area (Å²) in [4.78, 5) is 6.55. The quantitative estimate of drug-likeness (QED) is 0.331. The van der Waals surface area contributed by atoms with Crippen molar-refractivity contribution in [3.05, 3.63) is 77.6 Å². The van der Waals surface area contributed by atoms with Crippen LogP contribution in [0.1, 0.15) is 23.2 Å². The van der Waals surface area contributed by atoms with Gasteiger partial charge in [0.2, 0.25) is 0 Å². The van der Waals surface area contributed by atoms with Crippen molar-refractivity contribution in [1.82, 2.24) is 13.9 Å². The van der Waals surface area contributed by atoms with Gasteiger partial charge in [-0.25, -0.2) is 8.96 Å². The molecule has 5 rings (SSSR count). The van der Waals surface area contributed by atoms with Crippen molar-refractivity contribution in [2.45, 2.75) is 23.7 Å². The molecule has 0 spiro atoms. The zero-order chi connectivity index (χ0) is 25.0. The third kappa shape index (κ3) is 4.30. The molecule has 0 saturated heterocycles. The lowest BCUT2D eigenvalue weighted by Gasteiger charge is -2.21. The van der Waals surface area contributed by atoms with E-state index in [9.17, 15) is 21.6 Å². The van der Waals surface area contributed by atoms with Crippen molar-refractivity contribution < 1.29 is 21.6 Å². The largest absolute Gasteiger partial charge is 0.416 e. The molecule has 0 aliphatic carbocycles. The molecule has 0 atom stereocenters. The molecule has 0 fully saturated rings. The maximum absolute atomic E-state index is 13.8. The van der Waals surface area contributed by atoms with Crippen molar-refractivity contribution in [2.24, 2.45) is 0 Å². The number of aryl methyl sites for hydroxylation is 1. The Kier molecular flexibility index (Phi) is 5.85. The molecule has 0 unspecified atom stereocenters. The number of nitrogens with zero attached hydrogens (tertiary/aromatic N) is 3. The Labute approximate surface area is 205 Å². The normalized spacial score (nSPS) is 15.5. The minimum absolute atomic E-state index is 0.0667. The molecule has 2 aromatic carbocycles. The lowest BCUT2D eigenvalue weighted by molar-refractivity contribution is -0.137. The van der Waals surface area contributed by atoms with Crippen molar-refractivity contribution in [3.63, 3.8) is 0 Å². The van der Waals surface area contributed by atoms with E-state index in [1.165, 1.54) is 12.3 Å². The Bertz CT molecular complexity index is 1550. The third-order valence-corrected chi connectivity index (χ3v) is 9.59. The Balaban J connectivity index is 1.70. The van der Waals surface area contributed by atoms with Crippen LogP contribution in [0, 0.1) is 6.92 Å². The van der Waals surface area contributed by atoms with Gasteiger partial charge in [0, 0.05) is 35.8 Å². The predicted molar refractivity (Wildman–Crippen MR) is 132 cm³/mol. The summed E-state index contributed by atoms with van der Waals surface area (Å²) in [6, 6.07) is 12.5. The fourth-order valence-corrected chi connectivity index (χ4v) is 7.23. The van der Waals surface area contributed by atoms with E-state index in [4.69, 9.17) is 0 Å². The lowest BCUT2D eigenvalue weighted by Crippen LogP contribution is -2.23. The summed E-state index contributed by atoms with van der Waals surface area (Å²) in [5.41, 5.74) is 1.90. The van der Waals surface area contributed by atoms with Crippen molar-refractivity contribution in [3.8, 4) is 10.6 Å². The van der Waals surface area contributed by atoms with Gasteiger partial charge in [0.05, 0.1) is 16.8 Å². The summed E-state index contributed by atoms with van der Waals surface area (Å²) in [5.74, 6) is 0. The van der Waals surface area contributed by atoms with E-state index in [0.29, 0.717) is 29.2 Å². The van der Waals surface area contributed by atoms with E-state index in [0.717, 1.165) is 45.1 Å². The van der Waals surface area contributed by atoms with E-state index >= 15 is 0 Å². The first-order valence-corrected chi connectivity index (χ1v) is 13.2. The molecule has 4 aromatic rings. The number of thiazole rings is 1. The van der Waals surface area contributed by atoms with Gasteiger partial charge < -0.3 is 4.90 Å². The number of benzene rings is 2. The molecule has 5 nitrogen and oxygen atoms in total. The van der Waals surface area contributed by atoms with Crippen molar-refractivity contribution in [2.75, 3.05) is 20.1 Å². The summed E-state index contributed by atoms with van der Waals surface area (Å²) in [5, 5.41) is 0.834. The summed E-state index contributed by atoms with van der Waals surface area (Å²) >= 11 is 1.05. The molecule has 0 saturated carbocycles. The smallest absolute Gasteiger partial charge is 0.302 e. The van der Waals surface area contributed by atoms with Gasteiger partial charge in [0.1, 0.15) is 5.01 Å². The first-order valence-electron chi connectivity index (χ1n) is 10.9. The van der Waals surface area contributed by atoms with Crippen LogP contribution >= 0.6 is 11.3 Å². The van der Waals surface area contributed by atoms with E-state index in [-0.39, 0.29) is 15.1 Å². The number of likely N-dealkylation sites (N-methyl/N-ethyl adjacent to an activating group) is 1. The maximum atomic E-state index is 13.8. The Morgan fingerprint density at radius 3 is 2.49 bits per heavy atom.